The highest BCUT2D eigenvalue weighted by Gasteiger charge is 2.17. The van der Waals surface area contributed by atoms with Crippen LogP contribution in [0.3, 0.4) is 0 Å². The number of fused-ring (bicyclic) bond motifs is 1. The summed E-state index contributed by atoms with van der Waals surface area (Å²) in [7, 11) is 0. The zero-order valence-corrected chi connectivity index (χ0v) is 20.6. The van der Waals surface area contributed by atoms with Crippen LogP contribution in [0.25, 0.3) is 33.5 Å². The Hall–Kier alpha value is -3.83. The van der Waals surface area contributed by atoms with Crippen molar-refractivity contribution in [3.63, 3.8) is 0 Å². The van der Waals surface area contributed by atoms with Crippen LogP contribution in [0.4, 0.5) is 9.18 Å². The Labute approximate surface area is 207 Å². The predicted molar refractivity (Wildman–Crippen MR) is 131 cm³/mol. The summed E-state index contributed by atoms with van der Waals surface area (Å²) in [5, 5.41) is 17.4. The average molecular weight is 497 g/mol. The number of nitrogens with zero attached hydrogens (tertiary/aromatic N) is 4. The molecule has 10 nitrogen and oxygen atoms in total. The number of carbonyl (C=O) groups is 1. The molecule has 190 valence electrons. The second kappa shape index (κ2) is 10.4. The largest absolute Gasteiger partial charge is 0.444 e. The van der Waals surface area contributed by atoms with E-state index in [-0.39, 0.29) is 13.1 Å². The maximum atomic E-state index is 14.9. The van der Waals surface area contributed by atoms with Crippen LogP contribution in [0.5, 0.6) is 0 Å². The third-order valence-corrected chi connectivity index (χ3v) is 5.22. The number of rotatable bonds is 8. The first kappa shape index (κ1) is 25.3. The van der Waals surface area contributed by atoms with Crippen molar-refractivity contribution in [3.8, 4) is 22.5 Å². The molecule has 3 aromatic heterocycles. The summed E-state index contributed by atoms with van der Waals surface area (Å²) in [6.07, 6.45) is 3.31. The number of carbonyl (C=O) groups excluding carboxylic acids is 1. The van der Waals surface area contributed by atoms with Gasteiger partial charge in [-0.3, -0.25) is 4.68 Å². The van der Waals surface area contributed by atoms with Gasteiger partial charge < -0.3 is 24.9 Å². The predicted octanol–water partition coefficient (Wildman–Crippen LogP) is 4.01. The van der Waals surface area contributed by atoms with Crippen molar-refractivity contribution >= 4 is 17.1 Å². The van der Waals surface area contributed by atoms with Gasteiger partial charge in [0.05, 0.1) is 24.1 Å². The average Bonchev–Trinajstić information content (AvgIpc) is 3.44. The molecule has 0 saturated carbocycles. The van der Waals surface area contributed by atoms with Crippen LogP contribution < -0.4 is 5.32 Å². The summed E-state index contributed by atoms with van der Waals surface area (Å²) in [6.45, 7) is 7.69. The van der Waals surface area contributed by atoms with Gasteiger partial charge in [-0.1, -0.05) is 12.1 Å². The van der Waals surface area contributed by atoms with E-state index in [9.17, 15) is 14.3 Å². The number of aromatic amines is 1. The summed E-state index contributed by atoms with van der Waals surface area (Å²) in [6, 6.07) is 6.61. The van der Waals surface area contributed by atoms with Gasteiger partial charge in [-0.25, -0.2) is 19.2 Å². The lowest BCUT2D eigenvalue weighted by Gasteiger charge is -2.19. The molecule has 1 aromatic carbocycles. The van der Waals surface area contributed by atoms with Crippen molar-refractivity contribution in [2.45, 2.75) is 52.7 Å². The number of halogens is 1. The second-order valence-electron chi connectivity index (χ2n) is 9.19. The molecule has 1 unspecified atom stereocenters. The molecular weight excluding hydrogens is 467 g/mol. The van der Waals surface area contributed by atoms with Gasteiger partial charge in [0, 0.05) is 41.4 Å². The Morgan fingerprint density at radius 3 is 2.78 bits per heavy atom. The number of aromatic nitrogens is 5. The fourth-order valence-electron chi connectivity index (χ4n) is 3.65. The van der Waals surface area contributed by atoms with Crippen LogP contribution in [-0.4, -0.2) is 54.4 Å². The highest BCUT2D eigenvalue weighted by atomic mass is 19.1. The highest BCUT2D eigenvalue weighted by molar-refractivity contribution is 5.94. The van der Waals surface area contributed by atoms with Gasteiger partial charge in [0.2, 0.25) is 0 Å². The molecule has 36 heavy (non-hydrogen) atoms. The van der Waals surface area contributed by atoms with E-state index in [1.54, 1.807) is 56.9 Å². The van der Waals surface area contributed by atoms with Crippen LogP contribution in [0.1, 0.15) is 33.3 Å². The number of hydrogen-bond donors (Lipinski definition) is 3. The van der Waals surface area contributed by atoms with E-state index >= 15 is 0 Å². The van der Waals surface area contributed by atoms with Crippen molar-refractivity contribution < 1.29 is 23.8 Å². The van der Waals surface area contributed by atoms with Gasteiger partial charge in [0.1, 0.15) is 23.4 Å². The van der Waals surface area contributed by atoms with E-state index in [4.69, 9.17) is 9.47 Å². The molecule has 0 saturated heterocycles. The standard InChI is InChI=1S/C25H29FN6O4/c1-5-35-21(33)13-32-12-17(11-30-32)20-9-18-22(28-14-29-23(18)31-20)15-6-7-16(19(26)8-15)10-27-24(34)36-25(2,3)4/h6-9,11-12,14,21,33H,5,10,13H2,1-4H3,(H,27,34)(H,28,29,31). The molecule has 0 aliphatic rings. The summed E-state index contributed by atoms with van der Waals surface area (Å²) < 4.78 is 26.8. The highest BCUT2D eigenvalue weighted by Crippen LogP contribution is 2.30. The van der Waals surface area contributed by atoms with Gasteiger partial charge in [-0.15, -0.1) is 0 Å². The third-order valence-electron chi connectivity index (χ3n) is 5.22. The van der Waals surface area contributed by atoms with Crippen LogP contribution in [0.2, 0.25) is 0 Å². The topological polar surface area (TPSA) is 127 Å². The molecule has 0 fully saturated rings. The van der Waals surface area contributed by atoms with E-state index in [1.807, 2.05) is 6.07 Å². The molecule has 0 radical (unpaired) electrons. The van der Waals surface area contributed by atoms with E-state index < -0.39 is 23.8 Å². The molecule has 0 aliphatic heterocycles. The smallest absolute Gasteiger partial charge is 0.407 e. The lowest BCUT2D eigenvalue weighted by Crippen LogP contribution is -2.32. The molecule has 1 atom stereocenters. The Balaban J connectivity index is 1.54. The number of H-pyrrole nitrogens is 1. The van der Waals surface area contributed by atoms with E-state index in [0.29, 0.717) is 34.5 Å². The molecule has 11 heteroatoms. The molecular formula is C25H29FN6O4. The SMILES string of the molecule is CCOC(O)Cn1cc(-c2cc3c(-c4ccc(CNC(=O)OC(C)(C)C)c(F)c4)ncnc3[nH]2)cn1. The van der Waals surface area contributed by atoms with E-state index in [0.717, 1.165) is 11.3 Å². The first-order valence-corrected chi connectivity index (χ1v) is 11.5. The number of benzene rings is 1. The summed E-state index contributed by atoms with van der Waals surface area (Å²) in [5.41, 5.74) is 2.96. The van der Waals surface area contributed by atoms with Gasteiger partial charge in [-0.2, -0.15) is 5.10 Å². The zero-order valence-electron chi connectivity index (χ0n) is 20.6. The van der Waals surface area contributed by atoms with Gasteiger partial charge in [0.15, 0.2) is 6.29 Å². The molecule has 3 N–H and O–H groups in total. The Kier molecular flexibility index (Phi) is 7.32. The molecule has 4 rings (SSSR count). The number of alkyl carbamates (subject to hydrolysis) is 1. The summed E-state index contributed by atoms with van der Waals surface area (Å²) >= 11 is 0. The molecule has 0 aliphatic carbocycles. The van der Waals surface area contributed by atoms with Crippen LogP contribution >= 0.6 is 0 Å². The summed E-state index contributed by atoms with van der Waals surface area (Å²) in [5.74, 6) is -0.472. The number of amides is 1. The van der Waals surface area contributed by atoms with Crippen LogP contribution in [0.15, 0.2) is 43.0 Å². The van der Waals surface area contributed by atoms with Crippen molar-refractivity contribution in [2.24, 2.45) is 0 Å². The number of ether oxygens (including phenoxy) is 2. The lowest BCUT2D eigenvalue weighted by molar-refractivity contribution is -0.105. The minimum absolute atomic E-state index is 0.00348. The van der Waals surface area contributed by atoms with Crippen LogP contribution in [0, 0.1) is 5.82 Å². The second-order valence-corrected chi connectivity index (χ2v) is 9.19. The maximum Gasteiger partial charge on any atom is 0.407 e. The van der Waals surface area contributed by atoms with Crippen molar-refractivity contribution in [2.75, 3.05) is 6.61 Å². The van der Waals surface area contributed by atoms with Gasteiger partial charge in [-0.05, 0) is 39.8 Å². The molecule has 0 spiro atoms. The zero-order chi connectivity index (χ0) is 25.9. The minimum Gasteiger partial charge on any atom is -0.444 e. The van der Waals surface area contributed by atoms with Crippen molar-refractivity contribution in [1.29, 1.82) is 0 Å². The normalized spacial score (nSPS) is 12.6. The van der Waals surface area contributed by atoms with E-state index in [1.165, 1.54) is 12.4 Å². The first-order chi connectivity index (χ1) is 17.1. The Morgan fingerprint density at radius 2 is 2.06 bits per heavy atom. The summed E-state index contributed by atoms with van der Waals surface area (Å²) in [4.78, 5) is 23.8. The fourth-order valence-corrected chi connectivity index (χ4v) is 3.65. The first-order valence-electron chi connectivity index (χ1n) is 11.5. The van der Waals surface area contributed by atoms with Gasteiger partial charge >= 0.3 is 6.09 Å². The number of aliphatic hydroxyl groups is 1. The maximum absolute atomic E-state index is 14.9. The monoisotopic (exact) mass is 496 g/mol. The van der Waals surface area contributed by atoms with Crippen molar-refractivity contribution in [3.05, 3.63) is 54.4 Å². The van der Waals surface area contributed by atoms with Crippen molar-refractivity contribution in [1.82, 2.24) is 30.0 Å². The molecule has 1 amide bonds. The van der Waals surface area contributed by atoms with E-state index in [2.05, 4.69) is 25.4 Å². The molecule has 4 aromatic rings. The lowest BCUT2D eigenvalue weighted by atomic mass is 10.1. The molecule has 3 heterocycles. The quantitative estimate of drug-likeness (QED) is 0.315. The van der Waals surface area contributed by atoms with Gasteiger partial charge in [0.25, 0.3) is 0 Å². The number of aliphatic hydroxyl groups excluding tert-OH is 1. The molecule has 0 bridgehead atoms. The number of hydrogen-bond acceptors (Lipinski definition) is 7. The Morgan fingerprint density at radius 1 is 1.25 bits per heavy atom. The minimum atomic E-state index is -0.944. The third kappa shape index (κ3) is 6.04. The number of nitrogens with one attached hydrogen (secondary N) is 2. The fraction of sp³-hybridized carbons (Fsp3) is 0.360. The Bertz CT molecular complexity index is 1360. The van der Waals surface area contributed by atoms with Crippen LogP contribution in [-0.2, 0) is 22.6 Å².